The van der Waals surface area contributed by atoms with Gasteiger partial charge in [-0.2, -0.15) is 0 Å². The van der Waals surface area contributed by atoms with Crippen LogP contribution in [0.5, 0.6) is 0 Å². The molecular formula is C14H18N2O. The first kappa shape index (κ1) is 10.6. The molecule has 0 spiro atoms. The van der Waals surface area contributed by atoms with Crippen molar-refractivity contribution in [2.24, 2.45) is 5.92 Å². The summed E-state index contributed by atoms with van der Waals surface area (Å²) in [5, 5.41) is 3.57. The molecule has 3 heteroatoms. The zero-order valence-corrected chi connectivity index (χ0v) is 10.4. The molecule has 1 aliphatic carbocycles. The van der Waals surface area contributed by atoms with Gasteiger partial charge in [-0.25, -0.2) is 0 Å². The lowest BCUT2D eigenvalue weighted by atomic mass is 9.96. The molecule has 17 heavy (non-hydrogen) atoms. The van der Waals surface area contributed by atoms with E-state index in [-0.39, 0.29) is 11.6 Å². The van der Waals surface area contributed by atoms with Crippen molar-refractivity contribution in [3.05, 3.63) is 29.8 Å². The summed E-state index contributed by atoms with van der Waals surface area (Å²) in [6.45, 7) is 4.96. The van der Waals surface area contributed by atoms with Crippen LogP contribution in [0.4, 0.5) is 5.69 Å². The van der Waals surface area contributed by atoms with E-state index < -0.39 is 0 Å². The molecule has 0 bridgehead atoms. The number of carbonyl (C=O) groups is 1. The molecular weight excluding hydrogens is 212 g/mol. The number of anilines is 1. The lowest BCUT2D eigenvalue weighted by Gasteiger charge is -2.46. The third-order valence-corrected chi connectivity index (χ3v) is 4.04. The van der Waals surface area contributed by atoms with Crippen molar-refractivity contribution in [2.75, 3.05) is 11.9 Å². The highest BCUT2D eigenvalue weighted by Crippen LogP contribution is 2.46. The Bertz CT molecular complexity index is 467. The largest absolute Gasteiger partial charge is 0.362 e. The van der Waals surface area contributed by atoms with Crippen LogP contribution in [0.25, 0.3) is 0 Å². The maximum atomic E-state index is 12.5. The number of nitrogens with one attached hydrogen (secondary N) is 1. The zero-order valence-electron chi connectivity index (χ0n) is 10.4. The van der Waals surface area contributed by atoms with Crippen molar-refractivity contribution in [1.82, 2.24) is 4.90 Å². The number of fused-ring (bicyclic) bond motifs is 1. The van der Waals surface area contributed by atoms with Gasteiger partial charge in [-0.3, -0.25) is 4.79 Å². The maximum Gasteiger partial charge on any atom is 0.257 e. The van der Waals surface area contributed by atoms with Crippen molar-refractivity contribution >= 4 is 11.6 Å². The molecule has 1 aromatic rings. The van der Waals surface area contributed by atoms with Crippen molar-refractivity contribution in [2.45, 2.75) is 32.4 Å². The number of hydrogen-bond acceptors (Lipinski definition) is 2. The van der Waals surface area contributed by atoms with Crippen molar-refractivity contribution < 1.29 is 4.79 Å². The van der Waals surface area contributed by atoms with Crippen LogP contribution in [-0.2, 0) is 0 Å². The summed E-state index contributed by atoms with van der Waals surface area (Å²) in [4.78, 5) is 14.5. The van der Waals surface area contributed by atoms with Gasteiger partial charge in [-0.05, 0) is 38.8 Å². The highest BCUT2D eigenvalue weighted by Gasteiger charge is 2.50. The Morgan fingerprint density at radius 1 is 1.41 bits per heavy atom. The zero-order chi connectivity index (χ0) is 12.0. The van der Waals surface area contributed by atoms with Crippen LogP contribution < -0.4 is 5.32 Å². The molecule has 0 aromatic heterocycles. The third-order valence-electron chi connectivity index (χ3n) is 4.04. The highest BCUT2D eigenvalue weighted by atomic mass is 16.2. The standard InChI is InChI=1S/C14H18N2O/c1-3-16-13(17)11-6-4-5-7-12(11)15-14(16,2)10-8-9-10/h4-7,10,15H,3,8-9H2,1-2H3. The highest BCUT2D eigenvalue weighted by molar-refractivity contribution is 6.02. The molecule has 1 amide bonds. The summed E-state index contributed by atoms with van der Waals surface area (Å²) in [5.74, 6) is 0.760. The second kappa shape index (κ2) is 3.49. The summed E-state index contributed by atoms with van der Waals surface area (Å²) in [6, 6.07) is 7.81. The van der Waals surface area contributed by atoms with Crippen LogP contribution >= 0.6 is 0 Å². The van der Waals surface area contributed by atoms with Gasteiger partial charge in [0.15, 0.2) is 0 Å². The number of hydrogen-bond donors (Lipinski definition) is 1. The van der Waals surface area contributed by atoms with E-state index in [2.05, 4.69) is 12.2 Å². The van der Waals surface area contributed by atoms with Crippen LogP contribution in [0.2, 0.25) is 0 Å². The Morgan fingerprint density at radius 2 is 2.12 bits per heavy atom. The minimum atomic E-state index is -0.194. The van der Waals surface area contributed by atoms with Crippen molar-refractivity contribution in [3.63, 3.8) is 0 Å². The van der Waals surface area contributed by atoms with E-state index in [0.29, 0.717) is 5.92 Å². The molecule has 90 valence electrons. The van der Waals surface area contributed by atoms with Gasteiger partial charge < -0.3 is 10.2 Å². The van der Waals surface area contributed by atoms with Crippen LogP contribution in [0.15, 0.2) is 24.3 Å². The number of rotatable bonds is 2. The van der Waals surface area contributed by atoms with Gasteiger partial charge in [0.25, 0.3) is 5.91 Å². The molecule has 1 unspecified atom stereocenters. The first-order valence-corrected chi connectivity index (χ1v) is 6.36. The lowest BCUT2D eigenvalue weighted by molar-refractivity contribution is 0.0512. The second-order valence-electron chi connectivity index (χ2n) is 5.14. The number of benzene rings is 1. The number of para-hydroxylation sites is 1. The van der Waals surface area contributed by atoms with Gasteiger partial charge in [0.2, 0.25) is 0 Å². The lowest BCUT2D eigenvalue weighted by Crippen LogP contribution is -2.59. The third kappa shape index (κ3) is 1.45. The maximum absolute atomic E-state index is 12.5. The van der Waals surface area contributed by atoms with E-state index >= 15 is 0 Å². The first-order chi connectivity index (χ1) is 8.16. The Balaban J connectivity index is 2.08. The summed E-state index contributed by atoms with van der Waals surface area (Å²) >= 11 is 0. The van der Waals surface area contributed by atoms with E-state index in [9.17, 15) is 4.79 Å². The molecule has 1 aliphatic heterocycles. The average molecular weight is 230 g/mol. The predicted octanol–water partition coefficient (Wildman–Crippen LogP) is 2.70. The van der Waals surface area contributed by atoms with E-state index in [0.717, 1.165) is 17.8 Å². The minimum Gasteiger partial charge on any atom is -0.362 e. The van der Waals surface area contributed by atoms with E-state index in [1.54, 1.807) is 0 Å². The molecule has 1 N–H and O–H groups in total. The first-order valence-electron chi connectivity index (χ1n) is 6.36. The fourth-order valence-corrected chi connectivity index (χ4v) is 2.92. The van der Waals surface area contributed by atoms with Gasteiger partial charge in [0.1, 0.15) is 5.66 Å². The summed E-state index contributed by atoms with van der Waals surface area (Å²) in [6.07, 6.45) is 2.44. The number of amides is 1. The molecule has 1 aromatic carbocycles. The molecule has 1 atom stereocenters. The quantitative estimate of drug-likeness (QED) is 0.847. The molecule has 0 radical (unpaired) electrons. The van der Waals surface area contributed by atoms with Gasteiger partial charge in [-0.15, -0.1) is 0 Å². The molecule has 1 saturated carbocycles. The molecule has 2 aliphatic rings. The fourth-order valence-electron chi connectivity index (χ4n) is 2.92. The Kier molecular flexibility index (Phi) is 2.18. The van der Waals surface area contributed by atoms with Crippen LogP contribution in [0.3, 0.4) is 0 Å². The topological polar surface area (TPSA) is 32.3 Å². The van der Waals surface area contributed by atoms with Gasteiger partial charge in [-0.1, -0.05) is 12.1 Å². The SMILES string of the molecule is CCN1C(=O)c2ccccc2NC1(C)C1CC1. The molecule has 1 fully saturated rings. The summed E-state index contributed by atoms with van der Waals surface area (Å²) in [7, 11) is 0. The van der Waals surface area contributed by atoms with Crippen molar-refractivity contribution in [3.8, 4) is 0 Å². The van der Waals surface area contributed by atoms with Crippen LogP contribution in [0, 0.1) is 5.92 Å². The van der Waals surface area contributed by atoms with E-state index in [1.807, 2.05) is 36.1 Å². The van der Waals surface area contributed by atoms with Gasteiger partial charge in [0.05, 0.1) is 5.56 Å². The molecule has 3 nitrogen and oxygen atoms in total. The Labute approximate surface area is 102 Å². The summed E-state index contributed by atoms with van der Waals surface area (Å²) in [5.41, 5.74) is 1.59. The normalized spacial score (nSPS) is 27.6. The molecule has 3 rings (SSSR count). The minimum absolute atomic E-state index is 0.163. The Morgan fingerprint density at radius 3 is 2.76 bits per heavy atom. The van der Waals surface area contributed by atoms with E-state index in [1.165, 1.54) is 12.8 Å². The van der Waals surface area contributed by atoms with Crippen LogP contribution in [-0.4, -0.2) is 23.0 Å². The number of carbonyl (C=O) groups excluding carboxylic acids is 1. The van der Waals surface area contributed by atoms with Crippen molar-refractivity contribution in [1.29, 1.82) is 0 Å². The Hall–Kier alpha value is -1.51. The predicted molar refractivity (Wildman–Crippen MR) is 67.9 cm³/mol. The number of nitrogens with zero attached hydrogens (tertiary/aromatic N) is 1. The smallest absolute Gasteiger partial charge is 0.257 e. The van der Waals surface area contributed by atoms with Gasteiger partial charge in [0, 0.05) is 18.2 Å². The van der Waals surface area contributed by atoms with E-state index in [4.69, 9.17) is 0 Å². The second-order valence-corrected chi connectivity index (χ2v) is 5.14. The molecule has 1 heterocycles. The van der Waals surface area contributed by atoms with Gasteiger partial charge >= 0.3 is 0 Å². The summed E-state index contributed by atoms with van der Waals surface area (Å²) < 4.78 is 0. The monoisotopic (exact) mass is 230 g/mol. The molecule has 0 saturated heterocycles. The average Bonchev–Trinajstić information content (AvgIpc) is 3.13. The fraction of sp³-hybridized carbons (Fsp3) is 0.500. The van der Waals surface area contributed by atoms with Crippen LogP contribution in [0.1, 0.15) is 37.0 Å².